The van der Waals surface area contributed by atoms with Crippen molar-refractivity contribution in [2.75, 3.05) is 25.5 Å². The van der Waals surface area contributed by atoms with Crippen LogP contribution in [0.1, 0.15) is 23.1 Å². The van der Waals surface area contributed by atoms with Crippen molar-refractivity contribution in [3.63, 3.8) is 0 Å². The van der Waals surface area contributed by atoms with Crippen molar-refractivity contribution in [3.8, 4) is 5.75 Å². The van der Waals surface area contributed by atoms with E-state index in [0.717, 1.165) is 29.0 Å². The average molecular weight is 366 g/mol. The third kappa shape index (κ3) is 4.67. The maximum absolute atomic E-state index is 12.5. The number of ether oxygens (including phenoxy) is 1. The molecule has 2 amide bonds. The van der Waals surface area contributed by atoms with Gasteiger partial charge in [0.05, 0.1) is 13.0 Å². The number of aryl methyl sites for hydroxylation is 2. The molecule has 1 aliphatic rings. The van der Waals surface area contributed by atoms with Crippen LogP contribution in [0.3, 0.4) is 0 Å². The fraction of sp³-hybridized carbons (Fsp3) is 0.364. The summed E-state index contributed by atoms with van der Waals surface area (Å²) in [6, 6.07) is 13.7. The van der Waals surface area contributed by atoms with Gasteiger partial charge in [-0.1, -0.05) is 18.2 Å². The van der Waals surface area contributed by atoms with E-state index in [4.69, 9.17) is 4.74 Å². The standard InChI is InChI=1S/C22H26N2O3/c1-15-4-7-19(12-16(15)2)23-22(26)18-13-21(25)24(14-18)11-10-17-5-8-20(27-3)9-6-17/h4-9,12,18H,10-11,13-14H2,1-3H3,(H,23,26). The quantitative estimate of drug-likeness (QED) is 0.853. The summed E-state index contributed by atoms with van der Waals surface area (Å²) in [7, 11) is 1.64. The van der Waals surface area contributed by atoms with Gasteiger partial charge in [-0.25, -0.2) is 0 Å². The molecule has 5 heteroatoms. The number of methoxy groups -OCH3 is 1. The highest BCUT2D eigenvalue weighted by atomic mass is 16.5. The Morgan fingerprint density at radius 1 is 1.15 bits per heavy atom. The zero-order valence-electron chi connectivity index (χ0n) is 16.1. The molecule has 1 fully saturated rings. The fourth-order valence-electron chi connectivity index (χ4n) is 3.28. The van der Waals surface area contributed by atoms with Gasteiger partial charge in [-0.05, 0) is 61.2 Å². The topological polar surface area (TPSA) is 58.6 Å². The van der Waals surface area contributed by atoms with Gasteiger partial charge < -0.3 is 15.0 Å². The molecule has 1 atom stereocenters. The zero-order valence-corrected chi connectivity index (χ0v) is 16.1. The van der Waals surface area contributed by atoms with Gasteiger partial charge in [-0.2, -0.15) is 0 Å². The van der Waals surface area contributed by atoms with Crippen molar-refractivity contribution in [1.82, 2.24) is 4.90 Å². The second-order valence-corrected chi connectivity index (χ2v) is 7.13. The first kappa shape index (κ1) is 19.0. The minimum atomic E-state index is -0.296. The highest BCUT2D eigenvalue weighted by Gasteiger charge is 2.34. The number of hydrogen-bond acceptors (Lipinski definition) is 3. The molecule has 1 saturated heterocycles. The Kier molecular flexibility index (Phi) is 5.79. The van der Waals surface area contributed by atoms with Crippen molar-refractivity contribution in [3.05, 3.63) is 59.2 Å². The molecule has 0 saturated carbocycles. The Morgan fingerprint density at radius 3 is 2.56 bits per heavy atom. The normalized spacial score (nSPS) is 16.5. The maximum Gasteiger partial charge on any atom is 0.229 e. The molecular formula is C22H26N2O3. The van der Waals surface area contributed by atoms with E-state index in [1.165, 1.54) is 5.56 Å². The molecule has 27 heavy (non-hydrogen) atoms. The second-order valence-electron chi connectivity index (χ2n) is 7.13. The van der Waals surface area contributed by atoms with E-state index in [0.29, 0.717) is 13.1 Å². The number of anilines is 1. The highest BCUT2D eigenvalue weighted by molar-refractivity contribution is 5.97. The first-order valence-electron chi connectivity index (χ1n) is 9.25. The molecule has 2 aromatic carbocycles. The summed E-state index contributed by atoms with van der Waals surface area (Å²) >= 11 is 0. The van der Waals surface area contributed by atoms with Crippen LogP contribution < -0.4 is 10.1 Å². The van der Waals surface area contributed by atoms with Crippen molar-refractivity contribution in [1.29, 1.82) is 0 Å². The molecule has 0 aliphatic carbocycles. The van der Waals surface area contributed by atoms with Gasteiger partial charge in [-0.3, -0.25) is 9.59 Å². The largest absolute Gasteiger partial charge is 0.497 e. The summed E-state index contributed by atoms with van der Waals surface area (Å²) in [6.07, 6.45) is 1.04. The van der Waals surface area contributed by atoms with Gasteiger partial charge in [0, 0.05) is 25.2 Å². The van der Waals surface area contributed by atoms with E-state index in [1.54, 1.807) is 12.0 Å². The average Bonchev–Trinajstić information content (AvgIpc) is 3.04. The molecule has 1 N–H and O–H groups in total. The number of nitrogens with one attached hydrogen (secondary N) is 1. The molecule has 5 nitrogen and oxygen atoms in total. The third-order valence-electron chi connectivity index (χ3n) is 5.19. The predicted molar refractivity (Wildman–Crippen MR) is 106 cm³/mol. The molecule has 0 radical (unpaired) electrons. The molecule has 1 heterocycles. The van der Waals surface area contributed by atoms with E-state index in [-0.39, 0.29) is 24.2 Å². The minimum Gasteiger partial charge on any atom is -0.497 e. The summed E-state index contributed by atoms with van der Waals surface area (Å²) in [4.78, 5) is 26.6. The van der Waals surface area contributed by atoms with E-state index >= 15 is 0 Å². The van der Waals surface area contributed by atoms with Crippen LogP contribution in [-0.2, 0) is 16.0 Å². The van der Waals surface area contributed by atoms with Crippen molar-refractivity contribution < 1.29 is 14.3 Å². The van der Waals surface area contributed by atoms with Crippen LogP contribution in [0, 0.1) is 19.8 Å². The lowest BCUT2D eigenvalue weighted by molar-refractivity contribution is -0.128. The molecule has 1 unspecified atom stereocenters. The fourth-order valence-corrected chi connectivity index (χ4v) is 3.28. The van der Waals surface area contributed by atoms with Crippen molar-refractivity contribution in [2.24, 2.45) is 5.92 Å². The number of nitrogens with zero attached hydrogens (tertiary/aromatic N) is 1. The molecule has 2 aromatic rings. The molecule has 1 aliphatic heterocycles. The Morgan fingerprint density at radius 2 is 1.89 bits per heavy atom. The van der Waals surface area contributed by atoms with Crippen LogP contribution in [0.25, 0.3) is 0 Å². The second kappa shape index (κ2) is 8.25. The Balaban J connectivity index is 1.54. The first-order valence-corrected chi connectivity index (χ1v) is 9.25. The smallest absolute Gasteiger partial charge is 0.229 e. The predicted octanol–water partition coefficient (Wildman–Crippen LogP) is 3.34. The van der Waals surface area contributed by atoms with Crippen LogP contribution in [-0.4, -0.2) is 36.9 Å². The SMILES string of the molecule is COc1ccc(CCN2CC(C(=O)Nc3ccc(C)c(C)c3)CC2=O)cc1. The molecule has 0 aromatic heterocycles. The van der Waals surface area contributed by atoms with E-state index in [9.17, 15) is 9.59 Å². The van der Waals surface area contributed by atoms with Gasteiger partial charge in [-0.15, -0.1) is 0 Å². The van der Waals surface area contributed by atoms with Crippen molar-refractivity contribution in [2.45, 2.75) is 26.7 Å². The molecule has 0 bridgehead atoms. The van der Waals surface area contributed by atoms with E-state index in [1.807, 2.05) is 56.3 Å². The third-order valence-corrected chi connectivity index (χ3v) is 5.19. The van der Waals surface area contributed by atoms with Gasteiger partial charge in [0.15, 0.2) is 0 Å². The number of hydrogen-bond donors (Lipinski definition) is 1. The number of rotatable bonds is 6. The van der Waals surface area contributed by atoms with Crippen molar-refractivity contribution >= 4 is 17.5 Å². The van der Waals surface area contributed by atoms with Crippen LogP contribution in [0.2, 0.25) is 0 Å². The minimum absolute atomic E-state index is 0.0451. The lowest BCUT2D eigenvalue weighted by Gasteiger charge is -2.17. The van der Waals surface area contributed by atoms with Gasteiger partial charge in [0.1, 0.15) is 5.75 Å². The van der Waals surface area contributed by atoms with E-state index < -0.39 is 0 Å². The zero-order chi connectivity index (χ0) is 19.4. The number of carbonyl (C=O) groups is 2. The molecular weight excluding hydrogens is 340 g/mol. The number of likely N-dealkylation sites (tertiary alicyclic amines) is 1. The van der Waals surface area contributed by atoms with Gasteiger partial charge in [0.2, 0.25) is 11.8 Å². The summed E-state index contributed by atoms with van der Waals surface area (Å²) in [5.74, 6) is 0.483. The Bertz CT molecular complexity index is 830. The lowest BCUT2D eigenvalue weighted by Crippen LogP contribution is -2.30. The lowest BCUT2D eigenvalue weighted by atomic mass is 10.1. The van der Waals surface area contributed by atoms with Crippen LogP contribution in [0.5, 0.6) is 5.75 Å². The van der Waals surface area contributed by atoms with Crippen LogP contribution in [0.15, 0.2) is 42.5 Å². The maximum atomic E-state index is 12.5. The molecule has 142 valence electrons. The van der Waals surface area contributed by atoms with Crippen LogP contribution in [0.4, 0.5) is 5.69 Å². The number of carbonyl (C=O) groups excluding carboxylic acids is 2. The first-order chi connectivity index (χ1) is 13.0. The van der Waals surface area contributed by atoms with Gasteiger partial charge >= 0.3 is 0 Å². The highest BCUT2D eigenvalue weighted by Crippen LogP contribution is 2.22. The molecule has 0 spiro atoms. The number of benzene rings is 2. The summed E-state index contributed by atoms with van der Waals surface area (Å²) in [6.45, 7) is 5.16. The Hall–Kier alpha value is -2.82. The van der Waals surface area contributed by atoms with Gasteiger partial charge in [0.25, 0.3) is 0 Å². The number of amides is 2. The van der Waals surface area contributed by atoms with E-state index in [2.05, 4.69) is 5.32 Å². The molecule has 3 rings (SSSR count). The summed E-state index contributed by atoms with van der Waals surface area (Å²) < 4.78 is 5.16. The van der Waals surface area contributed by atoms with Crippen LogP contribution >= 0.6 is 0 Å². The monoisotopic (exact) mass is 366 g/mol. The summed E-state index contributed by atoms with van der Waals surface area (Å²) in [5, 5.41) is 2.95. The summed E-state index contributed by atoms with van der Waals surface area (Å²) in [5.41, 5.74) is 4.25. The Labute approximate surface area is 160 Å².